The van der Waals surface area contributed by atoms with Gasteiger partial charge in [0.05, 0.1) is 27.6 Å². The molecule has 0 fully saturated rings. The van der Waals surface area contributed by atoms with E-state index in [-0.39, 0.29) is 0 Å². The van der Waals surface area contributed by atoms with Crippen molar-refractivity contribution in [2.24, 2.45) is 5.10 Å². The Hall–Kier alpha value is -3.27. The second kappa shape index (κ2) is 10.6. The van der Waals surface area contributed by atoms with Crippen LogP contribution in [-0.4, -0.2) is 6.21 Å². The van der Waals surface area contributed by atoms with Crippen LogP contribution in [0.3, 0.4) is 0 Å². The van der Waals surface area contributed by atoms with Crippen molar-refractivity contribution in [1.29, 1.82) is 0 Å². The first-order chi connectivity index (χ1) is 16.0. The molecule has 0 aromatic heterocycles. The summed E-state index contributed by atoms with van der Waals surface area (Å²) in [7, 11) is 0. The molecule has 0 N–H and O–H groups in total. The van der Waals surface area contributed by atoms with Crippen molar-refractivity contribution in [1.82, 2.24) is 0 Å². The number of rotatable bonds is 7. The van der Waals surface area contributed by atoms with E-state index < -0.39 is 0 Å². The minimum Gasteiger partial charge on any atom is -0.488 e. The number of ether oxygens (including phenoxy) is 1. The maximum atomic E-state index is 6.12. The average molecular weight is 475 g/mol. The molecule has 4 rings (SSSR count). The van der Waals surface area contributed by atoms with Crippen LogP contribution in [0, 0.1) is 13.8 Å². The first-order valence-electron chi connectivity index (χ1n) is 10.6. The highest BCUT2D eigenvalue weighted by Crippen LogP contribution is 2.28. The third-order valence-electron chi connectivity index (χ3n) is 5.17. The van der Waals surface area contributed by atoms with Crippen molar-refractivity contribution < 1.29 is 4.74 Å². The minimum absolute atomic E-state index is 0.418. The maximum Gasteiger partial charge on any atom is 0.125 e. The zero-order valence-corrected chi connectivity index (χ0v) is 20.0. The summed E-state index contributed by atoms with van der Waals surface area (Å²) in [6.07, 6.45) is 1.88. The highest BCUT2D eigenvalue weighted by Gasteiger charge is 2.09. The Morgan fingerprint density at radius 1 is 0.758 bits per heavy atom. The zero-order valence-electron chi connectivity index (χ0n) is 18.5. The van der Waals surface area contributed by atoms with Crippen molar-refractivity contribution in [2.75, 3.05) is 5.01 Å². The molecular weight excluding hydrogens is 451 g/mol. The molecule has 0 heterocycles. The molecule has 0 atom stereocenters. The van der Waals surface area contributed by atoms with Gasteiger partial charge in [-0.05, 0) is 84.6 Å². The van der Waals surface area contributed by atoms with E-state index in [1.807, 2.05) is 97.9 Å². The Labute approximate surface area is 204 Å². The van der Waals surface area contributed by atoms with E-state index in [0.29, 0.717) is 16.7 Å². The summed E-state index contributed by atoms with van der Waals surface area (Å²) >= 11 is 12.1. The quantitative estimate of drug-likeness (QED) is 0.198. The van der Waals surface area contributed by atoms with Gasteiger partial charge < -0.3 is 4.74 Å². The average Bonchev–Trinajstić information content (AvgIpc) is 2.82. The van der Waals surface area contributed by atoms with Gasteiger partial charge in [-0.3, -0.25) is 0 Å². The molecule has 33 heavy (non-hydrogen) atoms. The van der Waals surface area contributed by atoms with Crippen LogP contribution in [-0.2, 0) is 6.61 Å². The number of anilines is 2. The van der Waals surface area contributed by atoms with E-state index in [1.54, 1.807) is 6.07 Å². The van der Waals surface area contributed by atoms with Crippen molar-refractivity contribution in [3.8, 4) is 5.75 Å². The number of aryl methyl sites for hydroxylation is 2. The van der Waals surface area contributed by atoms with Gasteiger partial charge in [0.15, 0.2) is 0 Å². The molecule has 166 valence electrons. The summed E-state index contributed by atoms with van der Waals surface area (Å²) in [5.41, 5.74) is 6.05. The Morgan fingerprint density at radius 3 is 1.88 bits per heavy atom. The predicted molar refractivity (Wildman–Crippen MR) is 139 cm³/mol. The van der Waals surface area contributed by atoms with E-state index >= 15 is 0 Å². The van der Waals surface area contributed by atoms with Gasteiger partial charge >= 0.3 is 0 Å². The maximum absolute atomic E-state index is 6.12. The summed E-state index contributed by atoms with van der Waals surface area (Å²) < 4.78 is 6.11. The van der Waals surface area contributed by atoms with Gasteiger partial charge in [-0.25, -0.2) is 5.01 Å². The van der Waals surface area contributed by atoms with E-state index in [4.69, 9.17) is 33.0 Å². The van der Waals surface area contributed by atoms with Gasteiger partial charge in [-0.15, -0.1) is 0 Å². The number of benzene rings is 4. The predicted octanol–water partition coefficient (Wildman–Crippen LogP) is 8.36. The van der Waals surface area contributed by atoms with Crippen LogP contribution >= 0.6 is 23.2 Å². The van der Waals surface area contributed by atoms with Gasteiger partial charge in [-0.2, -0.15) is 5.10 Å². The SMILES string of the molecule is Cc1cc(/C=N\N(c2ccccc2)c2ccccc2)cc(C)c1OCc1ccc(Cl)c(Cl)c1. The molecule has 0 bridgehead atoms. The molecule has 0 aliphatic heterocycles. The lowest BCUT2D eigenvalue weighted by molar-refractivity contribution is 0.302. The van der Waals surface area contributed by atoms with E-state index in [1.165, 1.54) is 0 Å². The normalized spacial score (nSPS) is 11.0. The number of hydrogen-bond acceptors (Lipinski definition) is 3. The number of para-hydroxylation sites is 2. The van der Waals surface area contributed by atoms with Gasteiger partial charge in [-0.1, -0.05) is 65.7 Å². The highest BCUT2D eigenvalue weighted by atomic mass is 35.5. The Balaban J connectivity index is 1.55. The summed E-state index contributed by atoms with van der Waals surface area (Å²) in [4.78, 5) is 0. The largest absolute Gasteiger partial charge is 0.488 e. The van der Waals surface area contributed by atoms with Crippen LogP contribution in [0.4, 0.5) is 11.4 Å². The second-order valence-corrected chi connectivity index (χ2v) is 8.56. The first kappa shape index (κ1) is 22.9. The van der Waals surface area contributed by atoms with Crippen LogP contribution in [0.15, 0.2) is 96.1 Å². The molecule has 5 heteroatoms. The molecule has 0 saturated heterocycles. The fourth-order valence-electron chi connectivity index (χ4n) is 3.62. The van der Waals surface area contributed by atoms with Crippen LogP contribution in [0.25, 0.3) is 0 Å². The number of hydrogen-bond donors (Lipinski definition) is 0. The van der Waals surface area contributed by atoms with Crippen LogP contribution in [0.2, 0.25) is 10.0 Å². The van der Waals surface area contributed by atoms with Gasteiger partial charge in [0, 0.05) is 0 Å². The summed E-state index contributed by atoms with van der Waals surface area (Å²) in [6, 6.07) is 29.9. The molecule has 0 amide bonds. The van der Waals surface area contributed by atoms with Gasteiger partial charge in [0.2, 0.25) is 0 Å². The van der Waals surface area contributed by atoms with Gasteiger partial charge in [0.1, 0.15) is 12.4 Å². The van der Waals surface area contributed by atoms with E-state index in [0.717, 1.165) is 39.4 Å². The molecule has 0 unspecified atom stereocenters. The number of nitrogens with zero attached hydrogens (tertiary/aromatic N) is 2. The minimum atomic E-state index is 0.418. The molecule has 4 aromatic carbocycles. The van der Waals surface area contributed by atoms with Crippen LogP contribution in [0.1, 0.15) is 22.3 Å². The molecule has 3 nitrogen and oxygen atoms in total. The number of hydrazone groups is 1. The topological polar surface area (TPSA) is 24.8 Å². The summed E-state index contributed by atoms with van der Waals surface area (Å²) in [5.74, 6) is 0.862. The third kappa shape index (κ3) is 5.75. The smallest absolute Gasteiger partial charge is 0.125 e. The van der Waals surface area contributed by atoms with Crippen molar-refractivity contribution in [3.05, 3.63) is 123 Å². The molecule has 0 aliphatic rings. The lowest BCUT2D eigenvalue weighted by Crippen LogP contribution is -2.09. The summed E-state index contributed by atoms with van der Waals surface area (Å²) in [6.45, 7) is 4.50. The highest BCUT2D eigenvalue weighted by molar-refractivity contribution is 6.42. The molecule has 0 spiro atoms. The lowest BCUT2D eigenvalue weighted by Gasteiger charge is -2.19. The Kier molecular flexibility index (Phi) is 7.33. The van der Waals surface area contributed by atoms with Crippen molar-refractivity contribution in [2.45, 2.75) is 20.5 Å². The zero-order chi connectivity index (χ0) is 23.2. The second-order valence-electron chi connectivity index (χ2n) is 7.75. The van der Waals surface area contributed by atoms with Crippen LogP contribution < -0.4 is 9.75 Å². The van der Waals surface area contributed by atoms with E-state index in [9.17, 15) is 0 Å². The molecular formula is C28H24Cl2N2O. The van der Waals surface area contributed by atoms with Crippen molar-refractivity contribution >= 4 is 40.8 Å². The Bertz CT molecular complexity index is 1200. The first-order valence-corrected chi connectivity index (χ1v) is 11.4. The van der Waals surface area contributed by atoms with E-state index in [2.05, 4.69) is 12.1 Å². The molecule has 0 aliphatic carbocycles. The van der Waals surface area contributed by atoms with Gasteiger partial charge in [0.25, 0.3) is 0 Å². The summed E-state index contributed by atoms with van der Waals surface area (Å²) in [5, 5.41) is 7.79. The van der Waals surface area contributed by atoms with Crippen LogP contribution in [0.5, 0.6) is 5.75 Å². The molecule has 0 radical (unpaired) electrons. The standard InChI is InChI=1S/C28H24Cl2N2O/c1-20-15-23(16-21(2)28(20)33-19-22-13-14-26(29)27(30)17-22)18-31-32(24-9-5-3-6-10-24)25-11-7-4-8-12-25/h3-18H,19H2,1-2H3/b31-18-. The number of halogens is 2. The fourth-order valence-corrected chi connectivity index (χ4v) is 3.94. The molecule has 0 saturated carbocycles. The lowest BCUT2D eigenvalue weighted by atomic mass is 10.1. The fraction of sp³-hybridized carbons (Fsp3) is 0.107. The van der Waals surface area contributed by atoms with Crippen molar-refractivity contribution in [3.63, 3.8) is 0 Å². The Morgan fingerprint density at radius 2 is 1.33 bits per heavy atom. The third-order valence-corrected chi connectivity index (χ3v) is 5.91. The monoisotopic (exact) mass is 474 g/mol. The molecule has 4 aromatic rings.